The van der Waals surface area contributed by atoms with E-state index in [1.165, 1.54) is 0 Å². The van der Waals surface area contributed by atoms with E-state index in [0.717, 1.165) is 12.1 Å². The van der Waals surface area contributed by atoms with Crippen LogP contribution in [0.2, 0.25) is 0 Å². The first kappa shape index (κ1) is 26.3. The maximum Gasteiger partial charge on any atom is 0.323 e. The van der Waals surface area contributed by atoms with Gasteiger partial charge in [0, 0.05) is 18.2 Å². The number of hydrogen-bond acceptors (Lipinski definition) is 3. The number of halogens is 6. The number of carbonyl (C=O) groups is 3. The van der Waals surface area contributed by atoms with Crippen LogP contribution in [0.5, 0.6) is 0 Å². The van der Waals surface area contributed by atoms with Crippen molar-refractivity contribution < 1.29 is 45.8 Å². The van der Waals surface area contributed by atoms with Crippen LogP contribution in [0.25, 0.3) is 0 Å². The molecular weight excluding hydrogens is 494 g/mol. The molecule has 1 N–H and O–H groups in total. The van der Waals surface area contributed by atoms with E-state index in [9.17, 15) is 45.8 Å². The molecule has 0 atom stereocenters. The molecule has 0 fully saturated rings. The molecule has 3 rings (SSSR count). The fraction of sp³-hybridized carbons (Fsp3) is 0.125. The quantitative estimate of drug-likeness (QED) is 0.461. The van der Waals surface area contributed by atoms with E-state index in [0.29, 0.717) is 52.3 Å². The molecule has 0 unspecified atom stereocenters. The summed E-state index contributed by atoms with van der Waals surface area (Å²) < 4.78 is 82.3. The van der Waals surface area contributed by atoms with Gasteiger partial charge in [-0.15, -0.1) is 0 Å². The number of hydrogen-bond donors (Lipinski definition) is 1. The summed E-state index contributed by atoms with van der Waals surface area (Å²) >= 11 is 0. The number of rotatable bonds is 8. The molecule has 0 aliphatic heterocycles. The minimum absolute atomic E-state index is 0.165. The molecule has 0 aliphatic rings. The molecule has 12 heteroatoms. The Balaban J connectivity index is 2.00. The van der Waals surface area contributed by atoms with Crippen molar-refractivity contribution in [1.29, 1.82) is 0 Å². The Morgan fingerprint density at radius 2 is 0.917 bits per heavy atom. The molecule has 3 aromatic carbocycles. The molecule has 3 aromatic rings. The predicted molar refractivity (Wildman–Crippen MR) is 115 cm³/mol. The van der Waals surface area contributed by atoms with Crippen LogP contribution in [0.3, 0.4) is 0 Å². The largest absolute Gasteiger partial charge is 0.480 e. The summed E-state index contributed by atoms with van der Waals surface area (Å²) in [6.07, 6.45) is -0.715. The summed E-state index contributed by atoms with van der Waals surface area (Å²) in [5.74, 6) is -10.3. The molecule has 2 amide bonds. The highest BCUT2D eigenvalue weighted by molar-refractivity contribution is 6.05. The molecule has 188 valence electrons. The average molecular weight is 510 g/mol. The molecule has 0 saturated carbocycles. The Morgan fingerprint density at radius 3 is 1.31 bits per heavy atom. The molecule has 0 aromatic heterocycles. The third-order valence-corrected chi connectivity index (χ3v) is 4.78. The Morgan fingerprint density at radius 1 is 0.556 bits per heavy atom. The predicted octanol–water partition coefficient (Wildman–Crippen LogP) is 4.21. The van der Waals surface area contributed by atoms with Gasteiger partial charge in [-0.1, -0.05) is 0 Å². The molecule has 0 radical (unpaired) electrons. The molecule has 0 heterocycles. The lowest BCUT2D eigenvalue weighted by atomic mass is 10.1. The summed E-state index contributed by atoms with van der Waals surface area (Å²) in [5.41, 5.74) is -1.13. The van der Waals surface area contributed by atoms with Gasteiger partial charge in [-0.2, -0.15) is 0 Å². The van der Waals surface area contributed by atoms with Crippen molar-refractivity contribution in [3.8, 4) is 0 Å². The van der Waals surface area contributed by atoms with Crippen LogP contribution in [0.4, 0.5) is 37.7 Å². The van der Waals surface area contributed by atoms with E-state index >= 15 is 0 Å². The van der Waals surface area contributed by atoms with Crippen molar-refractivity contribution in [2.75, 3.05) is 22.9 Å². The first-order valence-electron chi connectivity index (χ1n) is 10.1. The lowest BCUT2D eigenvalue weighted by Gasteiger charge is -2.27. The van der Waals surface area contributed by atoms with Gasteiger partial charge in [0.15, 0.2) is 0 Å². The zero-order chi connectivity index (χ0) is 26.6. The van der Waals surface area contributed by atoms with Gasteiger partial charge in [0.05, 0.1) is 17.8 Å². The molecule has 6 nitrogen and oxygen atoms in total. The fourth-order valence-electron chi connectivity index (χ4n) is 3.38. The standard InChI is InChI=1S/C24H16F6N2O4/c25-14-1-13(2-15(26)4-14)3-22(33)31(20-7-16(27)5-17(28)8-20)11-23(34)32(12-24(35)36)21-9-18(29)6-19(30)10-21/h1-2,4-10H,3,11-12H2,(H,35,36). The van der Waals surface area contributed by atoms with Crippen LogP contribution in [0, 0.1) is 34.9 Å². The van der Waals surface area contributed by atoms with Crippen molar-refractivity contribution in [3.63, 3.8) is 0 Å². The second-order valence-corrected chi connectivity index (χ2v) is 7.56. The minimum atomic E-state index is -1.57. The van der Waals surface area contributed by atoms with Gasteiger partial charge in [-0.25, -0.2) is 26.3 Å². The van der Waals surface area contributed by atoms with Crippen LogP contribution in [0.15, 0.2) is 54.6 Å². The van der Waals surface area contributed by atoms with Gasteiger partial charge in [-0.3, -0.25) is 19.3 Å². The number of carboxylic acid groups (broad SMARTS) is 1. The number of amides is 2. The first-order valence-corrected chi connectivity index (χ1v) is 10.1. The molecule has 0 spiro atoms. The van der Waals surface area contributed by atoms with Crippen LogP contribution >= 0.6 is 0 Å². The molecular formula is C24H16F6N2O4. The van der Waals surface area contributed by atoms with Crippen molar-refractivity contribution in [2.45, 2.75) is 6.42 Å². The number of aliphatic carboxylic acids is 1. The van der Waals surface area contributed by atoms with E-state index in [2.05, 4.69) is 0 Å². The number of carbonyl (C=O) groups excluding carboxylic acids is 2. The second-order valence-electron chi connectivity index (χ2n) is 7.56. The van der Waals surface area contributed by atoms with E-state index < -0.39 is 83.6 Å². The summed E-state index contributed by atoms with van der Waals surface area (Å²) in [4.78, 5) is 38.4. The highest BCUT2D eigenvalue weighted by Crippen LogP contribution is 2.23. The monoisotopic (exact) mass is 510 g/mol. The number of benzene rings is 3. The summed E-state index contributed by atoms with van der Waals surface area (Å²) in [7, 11) is 0. The minimum Gasteiger partial charge on any atom is -0.480 e. The Bertz CT molecular complexity index is 1270. The van der Waals surface area contributed by atoms with Crippen molar-refractivity contribution in [1.82, 2.24) is 0 Å². The van der Waals surface area contributed by atoms with Crippen molar-refractivity contribution >= 4 is 29.2 Å². The normalized spacial score (nSPS) is 10.7. The lowest BCUT2D eigenvalue weighted by Crippen LogP contribution is -2.45. The topological polar surface area (TPSA) is 77.9 Å². The summed E-state index contributed by atoms with van der Waals surface area (Å²) in [6, 6.07) is 5.94. The zero-order valence-electron chi connectivity index (χ0n) is 18.2. The number of anilines is 2. The maximum absolute atomic E-state index is 13.9. The Kier molecular flexibility index (Phi) is 7.97. The van der Waals surface area contributed by atoms with Gasteiger partial charge >= 0.3 is 5.97 Å². The van der Waals surface area contributed by atoms with Crippen LogP contribution in [0.1, 0.15) is 5.56 Å². The third kappa shape index (κ3) is 6.84. The van der Waals surface area contributed by atoms with E-state index in [4.69, 9.17) is 0 Å². The van der Waals surface area contributed by atoms with Crippen molar-refractivity contribution in [2.24, 2.45) is 0 Å². The smallest absolute Gasteiger partial charge is 0.323 e. The fourth-order valence-corrected chi connectivity index (χ4v) is 3.38. The number of nitrogens with zero attached hydrogens (tertiary/aromatic N) is 2. The lowest BCUT2D eigenvalue weighted by molar-refractivity contribution is -0.136. The van der Waals surface area contributed by atoms with Gasteiger partial charge in [0.25, 0.3) is 0 Å². The molecule has 0 aliphatic carbocycles. The SMILES string of the molecule is O=C(O)CN(C(=O)CN(C(=O)Cc1cc(F)cc(F)c1)c1cc(F)cc(F)c1)c1cc(F)cc(F)c1. The second kappa shape index (κ2) is 10.9. The maximum atomic E-state index is 13.9. The number of carboxylic acids is 1. The van der Waals surface area contributed by atoms with Gasteiger partial charge < -0.3 is 10.0 Å². The molecule has 0 saturated heterocycles. The van der Waals surface area contributed by atoms with E-state index in [1.807, 2.05) is 0 Å². The van der Waals surface area contributed by atoms with Crippen molar-refractivity contribution in [3.05, 3.63) is 95.1 Å². The van der Waals surface area contributed by atoms with Gasteiger partial charge in [0.1, 0.15) is 48.0 Å². The van der Waals surface area contributed by atoms with Crippen LogP contribution in [-0.2, 0) is 20.8 Å². The Hall–Kier alpha value is -4.35. The summed E-state index contributed by atoms with van der Waals surface area (Å²) in [5, 5.41) is 9.18. The Labute approximate surface area is 200 Å². The highest BCUT2D eigenvalue weighted by Gasteiger charge is 2.27. The first-order chi connectivity index (χ1) is 16.9. The zero-order valence-corrected chi connectivity index (χ0v) is 18.2. The highest BCUT2D eigenvalue weighted by atomic mass is 19.2. The van der Waals surface area contributed by atoms with Crippen LogP contribution in [-0.4, -0.2) is 36.0 Å². The van der Waals surface area contributed by atoms with E-state index in [-0.39, 0.29) is 5.56 Å². The average Bonchev–Trinajstić information content (AvgIpc) is 2.73. The van der Waals surface area contributed by atoms with Crippen LogP contribution < -0.4 is 9.80 Å². The van der Waals surface area contributed by atoms with Gasteiger partial charge in [-0.05, 0) is 42.0 Å². The third-order valence-electron chi connectivity index (χ3n) is 4.78. The van der Waals surface area contributed by atoms with E-state index in [1.54, 1.807) is 0 Å². The molecule has 36 heavy (non-hydrogen) atoms. The molecule has 0 bridgehead atoms. The summed E-state index contributed by atoms with van der Waals surface area (Å²) in [6.45, 7) is -2.11. The van der Waals surface area contributed by atoms with Gasteiger partial charge in [0.2, 0.25) is 11.8 Å².